The van der Waals surface area contributed by atoms with Crippen LogP contribution in [0, 0.1) is 0 Å². The van der Waals surface area contributed by atoms with Gasteiger partial charge in [-0.1, -0.05) is 154 Å². The van der Waals surface area contributed by atoms with Crippen LogP contribution in [0.5, 0.6) is 0 Å². The van der Waals surface area contributed by atoms with Gasteiger partial charge in [0, 0.05) is 13.2 Å². The summed E-state index contributed by atoms with van der Waals surface area (Å²) in [6.07, 6.45) is 46.4. The third kappa shape index (κ3) is 35.6. The van der Waals surface area contributed by atoms with Gasteiger partial charge in [-0.15, -0.1) is 0 Å². The monoisotopic (exact) mass is 593 g/mol. The molecular weight excluding hydrogens is 516 g/mol. The van der Waals surface area contributed by atoms with E-state index in [0.29, 0.717) is 6.61 Å². The topological polar surface area (TPSA) is 38.7 Å². The Kier molecular flexibility index (Phi) is 37.8. The zero-order valence-corrected chi connectivity index (χ0v) is 28.8. The van der Waals surface area contributed by atoms with Crippen molar-refractivity contribution in [2.45, 2.75) is 200 Å². The molecule has 0 fully saturated rings. The molecule has 0 amide bonds. The number of aliphatic hydroxyl groups is 1. The summed E-state index contributed by atoms with van der Waals surface area (Å²) in [6, 6.07) is 0. The van der Waals surface area contributed by atoms with Crippen molar-refractivity contribution in [3.8, 4) is 0 Å². The van der Waals surface area contributed by atoms with Crippen LogP contribution in [0.15, 0.2) is 24.3 Å². The molecule has 0 rings (SSSR count). The van der Waals surface area contributed by atoms with E-state index in [9.17, 15) is 5.11 Å². The highest BCUT2D eigenvalue weighted by Crippen LogP contribution is 2.12. The van der Waals surface area contributed by atoms with E-state index in [0.717, 1.165) is 26.1 Å². The molecular formula is C39H76O3. The van der Waals surface area contributed by atoms with E-state index < -0.39 is 0 Å². The van der Waals surface area contributed by atoms with Gasteiger partial charge in [-0.25, -0.2) is 0 Å². The zero-order chi connectivity index (χ0) is 30.4. The lowest BCUT2D eigenvalue weighted by atomic mass is 10.1. The van der Waals surface area contributed by atoms with Gasteiger partial charge in [-0.3, -0.25) is 0 Å². The molecule has 42 heavy (non-hydrogen) atoms. The Labute approximate surface area is 264 Å². The van der Waals surface area contributed by atoms with Gasteiger partial charge >= 0.3 is 0 Å². The smallest absolute Gasteiger partial charge is 0.104 e. The highest BCUT2D eigenvalue weighted by atomic mass is 16.5. The quantitative estimate of drug-likeness (QED) is 0.0581. The molecule has 0 aliphatic rings. The molecule has 0 radical (unpaired) electrons. The fourth-order valence-electron chi connectivity index (χ4n) is 5.42. The van der Waals surface area contributed by atoms with Crippen molar-refractivity contribution in [2.75, 3.05) is 26.4 Å². The molecule has 0 aromatic carbocycles. The zero-order valence-electron chi connectivity index (χ0n) is 28.8. The molecule has 0 heterocycles. The average molecular weight is 593 g/mol. The summed E-state index contributed by atoms with van der Waals surface area (Å²) in [5, 5.41) is 9.59. The maximum absolute atomic E-state index is 9.59. The molecule has 0 spiro atoms. The normalized spacial score (nSPS) is 12.7. The summed E-state index contributed by atoms with van der Waals surface area (Å²) in [7, 11) is 0. The first-order valence-corrected chi connectivity index (χ1v) is 18.9. The van der Waals surface area contributed by atoms with Crippen LogP contribution in [-0.2, 0) is 9.47 Å². The van der Waals surface area contributed by atoms with Crippen molar-refractivity contribution in [3.05, 3.63) is 24.3 Å². The Hall–Kier alpha value is -0.640. The maximum Gasteiger partial charge on any atom is 0.104 e. The molecule has 1 N–H and O–H groups in total. The summed E-state index contributed by atoms with van der Waals surface area (Å²) in [5.74, 6) is 0. The third-order valence-corrected chi connectivity index (χ3v) is 8.32. The fourth-order valence-corrected chi connectivity index (χ4v) is 5.42. The number of allylic oxidation sites excluding steroid dienone is 4. The third-order valence-electron chi connectivity index (χ3n) is 8.32. The Morgan fingerprint density at radius 2 is 0.762 bits per heavy atom. The first kappa shape index (κ1) is 41.4. The summed E-state index contributed by atoms with van der Waals surface area (Å²) < 4.78 is 11.6. The molecule has 0 aromatic heterocycles. The van der Waals surface area contributed by atoms with E-state index in [1.165, 1.54) is 167 Å². The molecule has 3 nitrogen and oxygen atoms in total. The van der Waals surface area contributed by atoms with Crippen molar-refractivity contribution in [1.29, 1.82) is 0 Å². The molecule has 1 atom stereocenters. The van der Waals surface area contributed by atoms with Crippen LogP contribution in [-0.4, -0.2) is 37.6 Å². The second kappa shape index (κ2) is 38.4. The summed E-state index contributed by atoms with van der Waals surface area (Å²) in [6.45, 7) is 6.67. The van der Waals surface area contributed by atoms with Crippen LogP contribution >= 0.6 is 0 Å². The van der Waals surface area contributed by atoms with Gasteiger partial charge in [0.1, 0.15) is 6.10 Å². The van der Waals surface area contributed by atoms with E-state index in [2.05, 4.69) is 38.2 Å². The number of aliphatic hydroxyl groups excluding tert-OH is 1. The molecule has 0 aromatic rings. The summed E-state index contributed by atoms with van der Waals surface area (Å²) in [5.41, 5.74) is 0. The minimum atomic E-state index is -0.165. The van der Waals surface area contributed by atoms with Crippen molar-refractivity contribution in [1.82, 2.24) is 0 Å². The van der Waals surface area contributed by atoms with Gasteiger partial charge in [0.2, 0.25) is 0 Å². The van der Waals surface area contributed by atoms with Gasteiger partial charge in [-0.2, -0.15) is 0 Å². The van der Waals surface area contributed by atoms with Gasteiger partial charge in [0.15, 0.2) is 0 Å². The first-order chi connectivity index (χ1) is 20.8. The van der Waals surface area contributed by atoms with Crippen LogP contribution < -0.4 is 0 Å². The average Bonchev–Trinajstić information content (AvgIpc) is 3.00. The molecule has 0 saturated heterocycles. The second-order valence-electron chi connectivity index (χ2n) is 12.6. The van der Waals surface area contributed by atoms with Crippen molar-refractivity contribution in [2.24, 2.45) is 0 Å². The molecule has 250 valence electrons. The fraction of sp³-hybridized carbons (Fsp3) is 0.897. The molecule has 0 saturated carbocycles. The Morgan fingerprint density at radius 1 is 0.429 bits per heavy atom. The van der Waals surface area contributed by atoms with E-state index in [-0.39, 0.29) is 12.7 Å². The predicted octanol–water partition coefficient (Wildman–Crippen LogP) is 12.5. The number of ether oxygens (including phenoxy) is 2. The standard InChI is InChI=1S/C39H76O3/c1-3-5-7-9-11-13-15-17-19-21-23-25-27-29-31-33-35-41-38-39(37-40)42-36-34-32-30-28-26-24-22-20-18-16-14-12-10-8-6-4-2/h17-20,39-40H,3-16,21-38H2,1-2H3. The van der Waals surface area contributed by atoms with Crippen LogP contribution in [0.1, 0.15) is 194 Å². The lowest BCUT2D eigenvalue weighted by Crippen LogP contribution is -2.24. The molecule has 0 bridgehead atoms. The van der Waals surface area contributed by atoms with E-state index in [1.807, 2.05) is 0 Å². The SMILES string of the molecule is CCCCCCCCC=CCCCCCCCCOCC(CO)OCCCCCCCCC=CCCCCCCCC. The van der Waals surface area contributed by atoms with Crippen LogP contribution in [0.4, 0.5) is 0 Å². The largest absolute Gasteiger partial charge is 0.394 e. The lowest BCUT2D eigenvalue weighted by molar-refractivity contribution is -0.0437. The summed E-state index contributed by atoms with van der Waals surface area (Å²) >= 11 is 0. The minimum absolute atomic E-state index is 0.0553. The molecule has 0 aliphatic heterocycles. The summed E-state index contributed by atoms with van der Waals surface area (Å²) in [4.78, 5) is 0. The lowest BCUT2D eigenvalue weighted by Gasteiger charge is -2.15. The Morgan fingerprint density at radius 3 is 1.14 bits per heavy atom. The van der Waals surface area contributed by atoms with Crippen LogP contribution in [0.3, 0.4) is 0 Å². The number of hydrogen-bond acceptors (Lipinski definition) is 3. The minimum Gasteiger partial charge on any atom is -0.394 e. The number of unbranched alkanes of at least 4 members (excludes halogenated alkanes) is 24. The van der Waals surface area contributed by atoms with Gasteiger partial charge < -0.3 is 14.6 Å². The van der Waals surface area contributed by atoms with E-state index in [1.54, 1.807) is 0 Å². The number of hydrogen-bond donors (Lipinski definition) is 1. The Bertz CT molecular complexity index is 530. The van der Waals surface area contributed by atoms with Crippen molar-refractivity contribution < 1.29 is 14.6 Å². The van der Waals surface area contributed by atoms with Gasteiger partial charge in [0.05, 0.1) is 13.2 Å². The number of rotatable bonds is 36. The van der Waals surface area contributed by atoms with Crippen molar-refractivity contribution in [3.63, 3.8) is 0 Å². The molecule has 3 heteroatoms. The Balaban J connectivity index is 3.32. The van der Waals surface area contributed by atoms with Crippen molar-refractivity contribution >= 4 is 0 Å². The van der Waals surface area contributed by atoms with E-state index in [4.69, 9.17) is 9.47 Å². The first-order valence-electron chi connectivity index (χ1n) is 18.9. The molecule has 0 aliphatic carbocycles. The van der Waals surface area contributed by atoms with Crippen LogP contribution in [0.2, 0.25) is 0 Å². The van der Waals surface area contributed by atoms with Gasteiger partial charge in [-0.05, 0) is 64.2 Å². The van der Waals surface area contributed by atoms with Gasteiger partial charge in [0.25, 0.3) is 0 Å². The van der Waals surface area contributed by atoms with E-state index >= 15 is 0 Å². The predicted molar refractivity (Wildman–Crippen MR) is 187 cm³/mol. The second-order valence-corrected chi connectivity index (χ2v) is 12.6. The molecule has 1 unspecified atom stereocenters. The highest BCUT2D eigenvalue weighted by molar-refractivity contribution is 4.82. The maximum atomic E-state index is 9.59. The highest BCUT2D eigenvalue weighted by Gasteiger charge is 2.07. The van der Waals surface area contributed by atoms with Crippen LogP contribution in [0.25, 0.3) is 0 Å².